The molecule has 1 aromatic heterocycles. The van der Waals surface area contributed by atoms with E-state index in [-0.39, 0.29) is 0 Å². The minimum Gasteiger partial charge on any atom is -0.314 e. The largest absolute Gasteiger partial charge is 0.314 e. The van der Waals surface area contributed by atoms with Crippen LogP contribution in [-0.2, 0) is 13.0 Å². The summed E-state index contributed by atoms with van der Waals surface area (Å²) in [6.45, 7) is 7.21. The molecule has 3 rings (SSSR count). The molecular formula is C16H26N2S. The molecule has 19 heavy (non-hydrogen) atoms. The fourth-order valence-corrected chi connectivity index (χ4v) is 3.87. The molecule has 0 radical (unpaired) electrons. The normalized spacial score (nSPS) is 21.9. The van der Waals surface area contributed by atoms with E-state index in [0.29, 0.717) is 0 Å². The summed E-state index contributed by atoms with van der Waals surface area (Å²) in [4.78, 5) is 5.69. The lowest BCUT2D eigenvalue weighted by Gasteiger charge is -2.32. The average molecular weight is 278 g/mol. The van der Waals surface area contributed by atoms with E-state index < -0.39 is 0 Å². The molecule has 1 aliphatic heterocycles. The number of nitrogens with zero attached hydrogens (tertiary/aromatic N) is 1. The number of nitrogens with one attached hydrogen (secondary N) is 1. The van der Waals surface area contributed by atoms with Crippen molar-refractivity contribution >= 4 is 11.3 Å². The Morgan fingerprint density at radius 2 is 1.89 bits per heavy atom. The van der Waals surface area contributed by atoms with Crippen molar-refractivity contribution in [1.29, 1.82) is 0 Å². The number of aryl methyl sites for hydroxylation is 1. The number of piperidine rings is 1. The summed E-state index contributed by atoms with van der Waals surface area (Å²) in [5.74, 6) is 1.01. The Labute approximate surface area is 121 Å². The van der Waals surface area contributed by atoms with Crippen LogP contribution in [-0.4, -0.2) is 30.6 Å². The first-order chi connectivity index (χ1) is 9.33. The molecule has 2 aliphatic rings. The van der Waals surface area contributed by atoms with Crippen LogP contribution in [0.15, 0.2) is 12.1 Å². The highest BCUT2D eigenvalue weighted by Gasteiger charge is 2.24. The summed E-state index contributed by atoms with van der Waals surface area (Å²) in [6, 6.07) is 5.40. The summed E-state index contributed by atoms with van der Waals surface area (Å²) in [7, 11) is 0. The molecule has 0 bridgehead atoms. The van der Waals surface area contributed by atoms with Crippen LogP contribution in [0.2, 0.25) is 0 Å². The van der Waals surface area contributed by atoms with Gasteiger partial charge in [0.2, 0.25) is 0 Å². The fourth-order valence-electron chi connectivity index (χ4n) is 2.87. The van der Waals surface area contributed by atoms with Gasteiger partial charge in [0.05, 0.1) is 0 Å². The Balaban J connectivity index is 1.39. The Bertz CT molecular complexity index is 389. The Hall–Kier alpha value is -0.380. The van der Waals surface area contributed by atoms with Crippen LogP contribution in [0.5, 0.6) is 0 Å². The van der Waals surface area contributed by atoms with Gasteiger partial charge in [0.25, 0.3) is 0 Å². The summed E-state index contributed by atoms with van der Waals surface area (Å²) in [5.41, 5.74) is 0. The van der Waals surface area contributed by atoms with Crippen LogP contribution >= 0.6 is 11.3 Å². The van der Waals surface area contributed by atoms with Crippen LogP contribution in [0.1, 0.15) is 42.4 Å². The minimum atomic E-state index is 0.784. The Morgan fingerprint density at radius 3 is 2.53 bits per heavy atom. The molecule has 106 valence electrons. The third-order valence-corrected chi connectivity index (χ3v) is 5.64. The van der Waals surface area contributed by atoms with Gasteiger partial charge in [-0.15, -0.1) is 11.3 Å². The summed E-state index contributed by atoms with van der Waals surface area (Å²) >= 11 is 1.99. The molecule has 3 heteroatoms. The molecule has 2 fully saturated rings. The highest BCUT2D eigenvalue weighted by atomic mass is 32.1. The lowest BCUT2D eigenvalue weighted by Crippen LogP contribution is -2.42. The third-order valence-electron chi connectivity index (χ3n) is 4.42. The maximum Gasteiger partial charge on any atom is 0.0328 e. The first-order valence-electron chi connectivity index (χ1n) is 7.87. The highest BCUT2D eigenvalue weighted by Crippen LogP contribution is 2.28. The number of rotatable bonds is 6. The van der Waals surface area contributed by atoms with Crippen molar-refractivity contribution in [2.45, 2.75) is 51.6 Å². The predicted molar refractivity (Wildman–Crippen MR) is 82.7 cm³/mol. The van der Waals surface area contributed by atoms with E-state index in [2.05, 4.69) is 29.3 Å². The molecule has 0 spiro atoms. The Morgan fingerprint density at radius 1 is 1.16 bits per heavy atom. The smallest absolute Gasteiger partial charge is 0.0328 e. The van der Waals surface area contributed by atoms with Gasteiger partial charge >= 0.3 is 0 Å². The van der Waals surface area contributed by atoms with Gasteiger partial charge < -0.3 is 5.32 Å². The monoisotopic (exact) mass is 278 g/mol. The van der Waals surface area contributed by atoms with E-state index in [1.165, 1.54) is 63.2 Å². The van der Waals surface area contributed by atoms with Gasteiger partial charge in [-0.3, -0.25) is 4.90 Å². The lowest BCUT2D eigenvalue weighted by atomic mass is 10.0. The summed E-state index contributed by atoms with van der Waals surface area (Å²) in [6.07, 6.45) is 6.77. The maximum atomic E-state index is 3.76. The molecule has 0 amide bonds. The van der Waals surface area contributed by atoms with Crippen LogP contribution in [0.4, 0.5) is 0 Å². The van der Waals surface area contributed by atoms with Crippen molar-refractivity contribution in [3.05, 3.63) is 21.9 Å². The van der Waals surface area contributed by atoms with Crippen molar-refractivity contribution in [1.82, 2.24) is 10.2 Å². The topological polar surface area (TPSA) is 15.3 Å². The van der Waals surface area contributed by atoms with Crippen LogP contribution < -0.4 is 5.32 Å². The van der Waals surface area contributed by atoms with Gasteiger partial charge in [-0.1, -0.05) is 6.92 Å². The summed E-state index contributed by atoms with van der Waals surface area (Å²) in [5, 5.41) is 3.76. The maximum absolute atomic E-state index is 3.76. The number of hydrogen-bond donors (Lipinski definition) is 1. The number of thiophene rings is 1. The molecule has 1 saturated heterocycles. The van der Waals surface area contributed by atoms with E-state index in [0.717, 1.165) is 12.0 Å². The van der Waals surface area contributed by atoms with Gasteiger partial charge in [-0.25, -0.2) is 0 Å². The molecule has 1 N–H and O–H groups in total. The van der Waals surface area contributed by atoms with Gasteiger partial charge in [0.1, 0.15) is 0 Å². The van der Waals surface area contributed by atoms with Gasteiger partial charge in [0, 0.05) is 22.3 Å². The average Bonchev–Trinajstić information content (AvgIpc) is 3.17. The number of likely N-dealkylation sites (tertiary alicyclic amines) is 1. The first-order valence-corrected chi connectivity index (χ1v) is 8.68. The molecule has 1 saturated carbocycles. The van der Waals surface area contributed by atoms with Crippen molar-refractivity contribution in [2.75, 3.05) is 19.6 Å². The van der Waals surface area contributed by atoms with Gasteiger partial charge in [0.15, 0.2) is 0 Å². The fraction of sp³-hybridized carbons (Fsp3) is 0.750. The number of hydrogen-bond acceptors (Lipinski definition) is 3. The van der Waals surface area contributed by atoms with Gasteiger partial charge in [-0.05, 0) is 69.8 Å². The van der Waals surface area contributed by atoms with Crippen molar-refractivity contribution in [3.63, 3.8) is 0 Å². The van der Waals surface area contributed by atoms with E-state index in [9.17, 15) is 0 Å². The zero-order chi connectivity index (χ0) is 13.1. The van der Waals surface area contributed by atoms with E-state index in [1.807, 2.05) is 11.3 Å². The van der Waals surface area contributed by atoms with Crippen molar-refractivity contribution in [2.24, 2.45) is 5.92 Å². The minimum absolute atomic E-state index is 0.784. The SMILES string of the molecule is CCc1ccc(CN2CCC(NCC3CC3)CC2)s1. The standard InChI is InChI=1S/C16H26N2S/c1-2-15-5-6-16(19-15)12-18-9-7-14(8-10-18)17-11-13-3-4-13/h5-6,13-14,17H,2-4,7-12H2,1H3. The van der Waals surface area contributed by atoms with Crippen LogP contribution in [0.25, 0.3) is 0 Å². The second kappa shape index (κ2) is 6.38. The second-order valence-corrected chi connectivity index (χ2v) is 7.38. The molecular weight excluding hydrogens is 252 g/mol. The van der Waals surface area contributed by atoms with Crippen LogP contribution in [0.3, 0.4) is 0 Å². The second-order valence-electron chi connectivity index (χ2n) is 6.12. The molecule has 0 atom stereocenters. The third kappa shape index (κ3) is 4.04. The summed E-state index contributed by atoms with van der Waals surface area (Å²) < 4.78 is 0. The van der Waals surface area contributed by atoms with Crippen molar-refractivity contribution in [3.8, 4) is 0 Å². The molecule has 0 aromatic carbocycles. The first kappa shape index (κ1) is 13.6. The van der Waals surface area contributed by atoms with E-state index in [4.69, 9.17) is 0 Å². The zero-order valence-corrected chi connectivity index (χ0v) is 12.8. The quantitative estimate of drug-likeness (QED) is 0.859. The molecule has 1 aliphatic carbocycles. The zero-order valence-electron chi connectivity index (χ0n) is 12.0. The van der Waals surface area contributed by atoms with Crippen LogP contribution in [0, 0.1) is 5.92 Å². The van der Waals surface area contributed by atoms with Gasteiger partial charge in [-0.2, -0.15) is 0 Å². The Kier molecular flexibility index (Phi) is 4.57. The molecule has 2 heterocycles. The molecule has 0 unspecified atom stereocenters. The van der Waals surface area contributed by atoms with E-state index in [1.54, 1.807) is 4.88 Å². The van der Waals surface area contributed by atoms with E-state index >= 15 is 0 Å². The molecule has 1 aromatic rings. The predicted octanol–water partition coefficient (Wildman–Crippen LogP) is 3.27. The highest BCUT2D eigenvalue weighted by molar-refractivity contribution is 7.11. The lowest BCUT2D eigenvalue weighted by molar-refractivity contribution is 0.191. The molecule has 2 nitrogen and oxygen atoms in total. The van der Waals surface area contributed by atoms with Crippen molar-refractivity contribution < 1.29 is 0 Å².